The molecule has 2 rings (SSSR count). The summed E-state index contributed by atoms with van der Waals surface area (Å²) in [6, 6.07) is 10.7. The minimum atomic E-state index is 1.29. The molecule has 0 spiro atoms. The second-order valence-electron chi connectivity index (χ2n) is 2.41. The summed E-state index contributed by atoms with van der Waals surface area (Å²) in [5.41, 5.74) is 0. The standard InChI is InChI=1S/C9H9PS2/c1-2-4-8(5-3-1)10-9-11-6-7-12-9/h1-5H,6-7H2. The van der Waals surface area contributed by atoms with E-state index in [9.17, 15) is 0 Å². The summed E-state index contributed by atoms with van der Waals surface area (Å²) in [7, 11) is 1.40. The predicted octanol–water partition coefficient (Wildman–Crippen LogP) is 2.83. The van der Waals surface area contributed by atoms with Crippen molar-refractivity contribution in [2.45, 2.75) is 0 Å². The predicted molar refractivity (Wildman–Crippen MR) is 62.9 cm³/mol. The number of thioether (sulfide) groups is 2. The maximum atomic E-state index is 2.19. The van der Waals surface area contributed by atoms with Gasteiger partial charge in [0.25, 0.3) is 0 Å². The molecule has 0 radical (unpaired) electrons. The molecule has 0 aromatic heterocycles. The molecule has 0 unspecified atom stereocenters. The summed E-state index contributed by atoms with van der Waals surface area (Å²) >= 11 is 4.01. The number of hydrogen-bond acceptors (Lipinski definition) is 2. The van der Waals surface area contributed by atoms with Gasteiger partial charge >= 0.3 is 0 Å². The molecular weight excluding hydrogens is 203 g/mol. The lowest BCUT2D eigenvalue weighted by molar-refractivity contribution is 1.59. The lowest BCUT2D eigenvalue weighted by atomic mass is 10.4. The lowest BCUT2D eigenvalue weighted by Crippen LogP contribution is -1.89. The third kappa shape index (κ3) is 2.29. The first-order valence-corrected chi connectivity index (χ1v) is 6.71. The Kier molecular flexibility index (Phi) is 3.15. The highest BCUT2D eigenvalue weighted by Crippen LogP contribution is 2.30. The maximum absolute atomic E-state index is 2.19. The highest BCUT2D eigenvalue weighted by Gasteiger charge is 2.07. The van der Waals surface area contributed by atoms with Crippen molar-refractivity contribution in [2.75, 3.05) is 11.5 Å². The monoisotopic (exact) mass is 212 g/mol. The van der Waals surface area contributed by atoms with Crippen LogP contribution in [-0.2, 0) is 0 Å². The van der Waals surface area contributed by atoms with Crippen molar-refractivity contribution in [2.24, 2.45) is 0 Å². The topological polar surface area (TPSA) is 0 Å². The first-order valence-electron chi connectivity index (χ1n) is 3.84. The molecule has 0 nitrogen and oxygen atoms in total. The molecular formula is C9H9PS2. The average Bonchev–Trinajstić information content (AvgIpc) is 2.59. The summed E-state index contributed by atoms with van der Waals surface area (Å²) in [5, 5.41) is 1.41. The first-order chi connectivity index (χ1) is 5.95. The van der Waals surface area contributed by atoms with Crippen molar-refractivity contribution >= 4 is 41.0 Å². The Morgan fingerprint density at radius 3 is 2.33 bits per heavy atom. The van der Waals surface area contributed by atoms with Crippen molar-refractivity contribution < 1.29 is 0 Å². The van der Waals surface area contributed by atoms with Gasteiger partial charge in [-0.1, -0.05) is 30.3 Å². The molecule has 1 heterocycles. The van der Waals surface area contributed by atoms with Crippen LogP contribution in [0.2, 0.25) is 0 Å². The minimum absolute atomic E-state index is 1.29. The van der Waals surface area contributed by atoms with Crippen molar-refractivity contribution in [1.29, 1.82) is 0 Å². The SMILES string of the molecule is c1ccc(P=C2SCCS2)cc1. The molecule has 1 saturated heterocycles. The highest BCUT2D eigenvalue weighted by atomic mass is 32.2. The van der Waals surface area contributed by atoms with Gasteiger partial charge in [-0.05, 0) is 8.20 Å². The smallest absolute Gasteiger partial charge is 0.0680 e. The number of hydrogen-bond donors (Lipinski definition) is 0. The molecule has 0 bridgehead atoms. The zero-order valence-corrected chi connectivity index (χ0v) is 9.09. The average molecular weight is 212 g/mol. The number of benzene rings is 1. The molecule has 0 N–H and O–H groups in total. The van der Waals surface area contributed by atoms with Gasteiger partial charge in [0, 0.05) is 16.8 Å². The summed E-state index contributed by atoms with van der Waals surface area (Å²) < 4.78 is 1.56. The van der Waals surface area contributed by atoms with Gasteiger partial charge in [0.2, 0.25) is 0 Å². The van der Waals surface area contributed by atoms with E-state index in [1.165, 1.54) is 25.0 Å². The van der Waals surface area contributed by atoms with Crippen molar-refractivity contribution in [3.63, 3.8) is 0 Å². The fraction of sp³-hybridized carbons (Fsp3) is 0.222. The third-order valence-electron chi connectivity index (χ3n) is 1.51. The van der Waals surface area contributed by atoms with E-state index >= 15 is 0 Å². The molecule has 1 fully saturated rings. The van der Waals surface area contributed by atoms with Gasteiger partial charge in [-0.3, -0.25) is 0 Å². The Hall–Kier alpha value is 0.0900. The van der Waals surface area contributed by atoms with Crippen LogP contribution >= 0.6 is 31.7 Å². The molecule has 1 aliphatic heterocycles. The Labute approximate surface area is 82.9 Å². The van der Waals surface area contributed by atoms with Crippen molar-refractivity contribution in [3.8, 4) is 0 Å². The van der Waals surface area contributed by atoms with Gasteiger partial charge in [-0.25, -0.2) is 0 Å². The van der Waals surface area contributed by atoms with Crippen LogP contribution in [0, 0.1) is 0 Å². The molecule has 1 aliphatic rings. The van der Waals surface area contributed by atoms with E-state index < -0.39 is 0 Å². The van der Waals surface area contributed by atoms with Crippen LogP contribution < -0.4 is 5.30 Å². The molecule has 0 aliphatic carbocycles. The van der Waals surface area contributed by atoms with Gasteiger partial charge in [0.15, 0.2) is 0 Å². The van der Waals surface area contributed by atoms with Gasteiger partial charge in [-0.15, -0.1) is 23.5 Å². The lowest BCUT2D eigenvalue weighted by Gasteiger charge is -1.93. The Morgan fingerprint density at radius 2 is 1.67 bits per heavy atom. The van der Waals surface area contributed by atoms with Gasteiger partial charge < -0.3 is 0 Å². The summed E-state index contributed by atoms with van der Waals surface area (Å²) in [4.78, 5) is 0. The molecule has 12 heavy (non-hydrogen) atoms. The molecule has 0 atom stereocenters. The number of rotatable bonds is 1. The normalized spacial score (nSPS) is 17.2. The van der Waals surface area contributed by atoms with Crippen molar-refractivity contribution in [1.82, 2.24) is 0 Å². The molecule has 3 heteroatoms. The fourth-order valence-corrected chi connectivity index (χ4v) is 5.05. The van der Waals surface area contributed by atoms with Crippen LogP contribution in [0.15, 0.2) is 30.3 Å². The Bertz CT molecular complexity index is 274. The second-order valence-corrected chi connectivity index (χ2v) is 6.67. The van der Waals surface area contributed by atoms with Crippen LogP contribution in [0.4, 0.5) is 0 Å². The van der Waals surface area contributed by atoms with E-state index in [0.717, 1.165) is 0 Å². The quantitative estimate of drug-likeness (QED) is 0.656. The van der Waals surface area contributed by atoms with Crippen LogP contribution in [0.1, 0.15) is 0 Å². The molecule has 62 valence electrons. The highest BCUT2D eigenvalue weighted by molar-refractivity contribution is 8.46. The van der Waals surface area contributed by atoms with Crippen molar-refractivity contribution in [3.05, 3.63) is 30.3 Å². The first kappa shape index (κ1) is 8.68. The van der Waals surface area contributed by atoms with Gasteiger partial charge in [-0.2, -0.15) is 0 Å². The minimum Gasteiger partial charge on any atom is -0.114 e. The van der Waals surface area contributed by atoms with E-state index in [1.54, 1.807) is 3.96 Å². The van der Waals surface area contributed by atoms with Crippen LogP contribution in [0.5, 0.6) is 0 Å². The van der Waals surface area contributed by atoms with Gasteiger partial charge in [0.1, 0.15) is 0 Å². The van der Waals surface area contributed by atoms with Crippen LogP contribution in [0.3, 0.4) is 0 Å². The van der Waals surface area contributed by atoms with E-state index in [0.29, 0.717) is 0 Å². The van der Waals surface area contributed by atoms with Crippen LogP contribution in [-0.4, -0.2) is 15.5 Å². The summed E-state index contributed by atoms with van der Waals surface area (Å²) in [6.07, 6.45) is 0. The Balaban J connectivity index is 2.16. The second kappa shape index (κ2) is 4.36. The maximum Gasteiger partial charge on any atom is 0.0680 e. The fourth-order valence-electron chi connectivity index (χ4n) is 0.972. The zero-order valence-electron chi connectivity index (χ0n) is 6.56. The molecule has 0 saturated carbocycles. The molecule has 1 aromatic rings. The van der Waals surface area contributed by atoms with E-state index in [-0.39, 0.29) is 0 Å². The summed E-state index contributed by atoms with van der Waals surface area (Å²) in [5.74, 6) is 2.58. The Morgan fingerprint density at radius 1 is 1.00 bits per heavy atom. The zero-order chi connectivity index (χ0) is 8.23. The molecule has 0 amide bonds. The third-order valence-corrected chi connectivity index (χ3v) is 5.85. The largest absolute Gasteiger partial charge is 0.114 e. The van der Waals surface area contributed by atoms with E-state index in [4.69, 9.17) is 0 Å². The van der Waals surface area contributed by atoms with E-state index in [1.807, 2.05) is 23.5 Å². The summed E-state index contributed by atoms with van der Waals surface area (Å²) in [6.45, 7) is 0. The van der Waals surface area contributed by atoms with Gasteiger partial charge in [0.05, 0.1) is 3.96 Å². The molecule has 1 aromatic carbocycles. The van der Waals surface area contributed by atoms with E-state index in [2.05, 4.69) is 30.3 Å². The van der Waals surface area contributed by atoms with Crippen LogP contribution in [0.25, 0.3) is 0 Å².